The monoisotopic (exact) mass is 398 g/mol. The Balaban J connectivity index is 2.01. The normalized spacial score (nSPS) is 19.3. The van der Waals surface area contributed by atoms with E-state index in [4.69, 9.17) is 4.74 Å². The number of esters is 1. The second-order valence-electron chi connectivity index (χ2n) is 6.38. The van der Waals surface area contributed by atoms with Crippen LogP contribution in [0.25, 0.3) is 0 Å². The zero-order valence-corrected chi connectivity index (χ0v) is 16.0. The average Bonchev–Trinajstić information content (AvgIpc) is 2.95. The van der Waals surface area contributed by atoms with E-state index >= 15 is 0 Å². The first-order valence-electron chi connectivity index (χ1n) is 8.57. The van der Waals surface area contributed by atoms with Gasteiger partial charge in [-0.15, -0.1) is 0 Å². The van der Waals surface area contributed by atoms with Crippen molar-refractivity contribution in [2.24, 2.45) is 0 Å². The Morgan fingerprint density at radius 2 is 2.04 bits per heavy atom. The topological polar surface area (TPSA) is 124 Å². The molecule has 2 unspecified atom stereocenters. The zero-order chi connectivity index (χ0) is 20.2. The van der Waals surface area contributed by atoms with E-state index in [1.807, 2.05) is 0 Å². The highest BCUT2D eigenvalue weighted by atomic mass is 32.2. The van der Waals surface area contributed by atoms with E-state index in [0.29, 0.717) is 13.0 Å². The van der Waals surface area contributed by atoms with Crippen molar-refractivity contribution in [3.8, 4) is 0 Å². The number of amides is 1. The maximum atomic E-state index is 12.6. The van der Waals surface area contributed by atoms with Crippen LogP contribution in [0.5, 0.6) is 0 Å². The van der Waals surface area contributed by atoms with Crippen molar-refractivity contribution in [1.29, 1.82) is 0 Å². The first-order chi connectivity index (χ1) is 12.6. The van der Waals surface area contributed by atoms with Crippen LogP contribution >= 0.6 is 0 Å². The van der Waals surface area contributed by atoms with Crippen molar-refractivity contribution in [2.75, 3.05) is 18.1 Å². The summed E-state index contributed by atoms with van der Waals surface area (Å²) >= 11 is 0. The number of carbonyl (C=O) groups excluding carboxylic acids is 2. The minimum absolute atomic E-state index is 0.0350. The fourth-order valence-corrected chi connectivity index (χ4v) is 4.86. The summed E-state index contributed by atoms with van der Waals surface area (Å²) in [4.78, 5) is 36.5. The van der Waals surface area contributed by atoms with E-state index < -0.39 is 38.8 Å². The van der Waals surface area contributed by atoms with Crippen LogP contribution in [-0.2, 0) is 30.6 Å². The largest absolute Gasteiger partial charge is 0.452 e. The van der Waals surface area contributed by atoms with E-state index in [1.54, 1.807) is 13.0 Å². The van der Waals surface area contributed by atoms with E-state index in [0.717, 1.165) is 0 Å². The standard InChI is InChI=1S/C17H22N2O7S/c1-3-18(14-8-9-27(24,25)11-14)17(21)12(2)26-16(20)10-13-6-4-5-7-15(13)19(22)23/h4-7,12,14H,3,8-11H2,1-2H3. The van der Waals surface area contributed by atoms with Gasteiger partial charge in [-0.1, -0.05) is 18.2 Å². The molecule has 2 atom stereocenters. The molecular weight excluding hydrogens is 376 g/mol. The number of nitro benzene ring substituents is 1. The highest BCUT2D eigenvalue weighted by Gasteiger charge is 2.36. The van der Waals surface area contributed by atoms with Gasteiger partial charge in [0.1, 0.15) is 0 Å². The van der Waals surface area contributed by atoms with Crippen LogP contribution in [0, 0.1) is 10.1 Å². The summed E-state index contributed by atoms with van der Waals surface area (Å²) in [6.45, 7) is 3.43. The van der Waals surface area contributed by atoms with Crippen LogP contribution in [0.2, 0.25) is 0 Å². The average molecular weight is 398 g/mol. The van der Waals surface area contributed by atoms with E-state index in [2.05, 4.69) is 0 Å². The number of carbonyl (C=O) groups is 2. The second-order valence-corrected chi connectivity index (χ2v) is 8.60. The van der Waals surface area contributed by atoms with Crippen molar-refractivity contribution >= 4 is 27.4 Å². The molecular formula is C17H22N2O7S. The molecule has 0 bridgehead atoms. The van der Waals surface area contributed by atoms with Crippen LogP contribution in [0.15, 0.2) is 24.3 Å². The Bertz CT molecular complexity index is 837. The summed E-state index contributed by atoms with van der Waals surface area (Å²) in [5.41, 5.74) is 0.00107. The molecule has 0 aliphatic carbocycles. The maximum absolute atomic E-state index is 12.6. The number of benzene rings is 1. The quantitative estimate of drug-likeness (QED) is 0.383. The number of rotatable bonds is 7. The number of ether oxygens (including phenoxy) is 1. The number of likely N-dealkylation sites (N-methyl/N-ethyl adjacent to an activating group) is 1. The number of para-hydroxylation sites is 1. The molecule has 0 saturated carbocycles. The van der Waals surface area contributed by atoms with Gasteiger partial charge in [-0.05, 0) is 20.3 Å². The van der Waals surface area contributed by atoms with Crippen LogP contribution in [0.3, 0.4) is 0 Å². The van der Waals surface area contributed by atoms with Crippen LogP contribution in [0.4, 0.5) is 5.69 Å². The third-order valence-corrected chi connectivity index (χ3v) is 6.20. The summed E-state index contributed by atoms with van der Waals surface area (Å²) in [5.74, 6) is -1.30. The molecule has 1 aromatic rings. The van der Waals surface area contributed by atoms with Gasteiger partial charge in [0, 0.05) is 24.2 Å². The number of sulfone groups is 1. The summed E-state index contributed by atoms with van der Waals surface area (Å²) in [6, 6.07) is 5.38. The first-order valence-corrected chi connectivity index (χ1v) is 10.4. The van der Waals surface area contributed by atoms with Crippen LogP contribution < -0.4 is 0 Å². The molecule has 2 rings (SSSR count). The molecule has 1 saturated heterocycles. The highest BCUT2D eigenvalue weighted by Crippen LogP contribution is 2.20. The third-order valence-electron chi connectivity index (χ3n) is 4.45. The second kappa shape index (κ2) is 8.47. The molecule has 148 valence electrons. The van der Waals surface area contributed by atoms with Gasteiger partial charge in [0.15, 0.2) is 15.9 Å². The number of hydrogen-bond donors (Lipinski definition) is 0. The number of hydrogen-bond acceptors (Lipinski definition) is 7. The number of nitro groups is 1. The Hall–Kier alpha value is -2.49. The fraction of sp³-hybridized carbons (Fsp3) is 0.529. The molecule has 0 radical (unpaired) electrons. The van der Waals surface area contributed by atoms with Gasteiger partial charge in [0.25, 0.3) is 11.6 Å². The maximum Gasteiger partial charge on any atom is 0.311 e. The van der Waals surface area contributed by atoms with E-state index in [1.165, 1.54) is 30.0 Å². The van der Waals surface area contributed by atoms with Crippen LogP contribution in [0.1, 0.15) is 25.8 Å². The predicted molar refractivity (Wildman–Crippen MR) is 96.8 cm³/mol. The van der Waals surface area contributed by atoms with Crippen molar-refractivity contribution in [3.05, 3.63) is 39.9 Å². The number of nitrogens with zero attached hydrogens (tertiary/aromatic N) is 2. The molecule has 10 heteroatoms. The lowest BCUT2D eigenvalue weighted by atomic mass is 10.1. The molecule has 1 aromatic carbocycles. The molecule has 1 amide bonds. The van der Waals surface area contributed by atoms with E-state index in [9.17, 15) is 28.1 Å². The molecule has 1 aliphatic rings. The van der Waals surface area contributed by atoms with Gasteiger partial charge in [-0.3, -0.25) is 19.7 Å². The Morgan fingerprint density at radius 3 is 2.59 bits per heavy atom. The minimum atomic E-state index is -3.15. The van der Waals surface area contributed by atoms with Gasteiger partial charge in [0.2, 0.25) is 0 Å². The molecule has 0 spiro atoms. The molecule has 1 heterocycles. The molecule has 1 fully saturated rings. The van der Waals surface area contributed by atoms with Crippen molar-refractivity contribution in [2.45, 2.75) is 38.8 Å². The van der Waals surface area contributed by atoms with Crippen LogP contribution in [-0.4, -0.2) is 60.3 Å². The molecule has 0 N–H and O–H groups in total. The van der Waals surface area contributed by atoms with Crippen molar-refractivity contribution < 1.29 is 27.7 Å². The summed E-state index contributed by atoms with van der Waals surface area (Å²) in [6.07, 6.45) is -1.08. The lowest BCUT2D eigenvalue weighted by Gasteiger charge is -2.29. The Kier molecular flexibility index (Phi) is 6.53. The third kappa shape index (κ3) is 5.25. The predicted octanol–water partition coefficient (Wildman–Crippen LogP) is 1.10. The van der Waals surface area contributed by atoms with Crippen molar-refractivity contribution in [1.82, 2.24) is 4.90 Å². The molecule has 27 heavy (non-hydrogen) atoms. The van der Waals surface area contributed by atoms with Crippen molar-refractivity contribution in [3.63, 3.8) is 0 Å². The zero-order valence-electron chi connectivity index (χ0n) is 15.2. The SMILES string of the molecule is CCN(C(=O)C(C)OC(=O)Cc1ccccc1[N+](=O)[O-])C1CCS(=O)(=O)C1. The lowest BCUT2D eigenvalue weighted by Crippen LogP contribution is -2.46. The first kappa shape index (κ1) is 20.8. The Morgan fingerprint density at radius 1 is 1.37 bits per heavy atom. The highest BCUT2D eigenvalue weighted by molar-refractivity contribution is 7.91. The minimum Gasteiger partial charge on any atom is -0.452 e. The summed E-state index contributed by atoms with van der Waals surface area (Å²) < 4.78 is 28.4. The van der Waals surface area contributed by atoms with Gasteiger partial charge < -0.3 is 9.64 Å². The lowest BCUT2D eigenvalue weighted by molar-refractivity contribution is -0.385. The Labute approximate surface area is 157 Å². The smallest absolute Gasteiger partial charge is 0.311 e. The van der Waals surface area contributed by atoms with Gasteiger partial charge in [-0.25, -0.2) is 8.42 Å². The fourth-order valence-electron chi connectivity index (χ4n) is 3.13. The van der Waals surface area contributed by atoms with Gasteiger partial charge in [0.05, 0.1) is 22.8 Å². The summed E-state index contributed by atoms with van der Waals surface area (Å²) in [5, 5.41) is 11.0. The van der Waals surface area contributed by atoms with Gasteiger partial charge >= 0.3 is 5.97 Å². The van der Waals surface area contributed by atoms with Gasteiger partial charge in [-0.2, -0.15) is 0 Å². The van der Waals surface area contributed by atoms with E-state index in [-0.39, 0.29) is 29.2 Å². The molecule has 9 nitrogen and oxygen atoms in total. The summed E-state index contributed by atoms with van der Waals surface area (Å²) in [7, 11) is -3.15. The molecule has 1 aliphatic heterocycles. The molecule has 0 aromatic heterocycles.